The molecule has 1 rings (SSSR count). The molecule has 0 bridgehead atoms. The van der Waals surface area contributed by atoms with Crippen LogP contribution in [0.15, 0.2) is 16.7 Å². The van der Waals surface area contributed by atoms with Crippen LogP contribution in [-0.2, 0) is 0 Å². The van der Waals surface area contributed by atoms with Gasteiger partial charge in [0.2, 0.25) is 0 Å². The summed E-state index contributed by atoms with van der Waals surface area (Å²) in [7, 11) is 0. The highest BCUT2D eigenvalue weighted by molar-refractivity contribution is 9.10. The smallest absolute Gasteiger partial charge is 0.132 e. The fraction of sp³-hybridized carbons (Fsp3) is 0.250. The Morgan fingerprint density at radius 1 is 1.75 bits per heavy atom. The van der Waals surface area contributed by atoms with Crippen molar-refractivity contribution in [2.45, 2.75) is 13.3 Å². The third-order valence-electron chi connectivity index (χ3n) is 1.56. The monoisotopic (exact) mass is 227 g/mol. The van der Waals surface area contributed by atoms with E-state index in [4.69, 9.17) is 11.1 Å². The maximum Gasteiger partial charge on any atom is 0.132 e. The molecule has 0 unspecified atom stereocenters. The van der Waals surface area contributed by atoms with Gasteiger partial charge in [-0.15, -0.1) is 0 Å². The molecule has 0 aromatic carbocycles. The van der Waals surface area contributed by atoms with Gasteiger partial charge in [0, 0.05) is 21.9 Å². The summed E-state index contributed by atoms with van der Waals surface area (Å²) in [6.07, 6.45) is 2.30. The van der Waals surface area contributed by atoms with E-state index in [-0.39, 0.29) is 0 Å². The van der Waals surface area contributed by atoms with E-state index < -0.39 is 0 Å². The topological polar surface area (TPSA) is 62.8 Å². The molecule has 1 heterocycles. The number of nitrogens with zero attached hydrogens (tertiary/aromatic N) is 1. The number of halogens is 1. The number of rotatable bonds is 2. The molecule has 4 heteroatoms. The molecule has 0 saturated heterocycles. The van der Waals surface area contributed by atoms with Gasteiger partial charge >= 0.3 is 0 Å². The summed E-state index contributed by atoms with van der Waals surface area (Å²) in [5.41, 5.74) is 6.82. The summed E-state index contributed by atoms with van der Waals surface area (Å²) >= 11 is 3.28. The van der Waals surface area contributed by atoms with E-state index in [1.807, 2.05) is 13.0 Å². The maximum atomic E-state index is 7.58. The van der Waals surface area contributed by atoms with Crippen molar-refractivity contribution in [1.82, 2.24) is 4.98 Å². The van der Waals surface area contributed by atoms with Gasteiger partial charge in [0.15, 0.2) is 0 Å². The lowest BCUT2D eigenvalue weighted by atomic mass is 10.1. The number of nitrogens with one attached hydrogen (secondary N) is 1. The Balaban J connectivity index is 3.13. The van der Waals surface area contributed by atoms with Gasteiger partial charge in [0.25, 0.3) is 0 Å². The Kier molecular flexibility index (Phi) is 2.81. The second kappa shape index (κ2) is 3.67. The Labute approximate surface area is 79.6 Å². The second-order valence-corrected chi connectivity index (χ2v) is 3.33. The van der Waals surface area contributed by atoms with E-state index in [1.54, 1.807) is 6.20 Å². The lowest BCUT2D eigenvalue weighted by Crippen LogP contribution is -2.04. The van der Waals surface area contributed by atoms with Crippen LogP contribution in [0.2, 0.25) is 0 Å². The summed E-state index contributed by atoms with van der Waals surface area (Å²) in [5, 5.41) is 7.58. The number of aromatic nitrogens is 1. The van der Waals surface area contributed by atoms with Crippen molar-refractivity contribution in [3.05, 3.63) is 22.3 Å². The number of pyridine rings is 1. The molecule has 0 fully saturated rings. The van der Waals surface area contributed by atoms with Crippen LogP contribution >= 0.6 is 15.9 Å². The van der Waals surface area contributed by atoms with Crippen LogP contribution in [0.1, 0.15) is 18.9 Å². The lowest BCUT2D eigenvalue weighted by Gasteiger charge is -2.04. The third kappa shape index (κ3) is 1.82. The molecular weight excluding hydrogens is 218 g/mol. The van der Waals surface area contributed by atoms with Crippen LogP contribution in [0.4, 0.5) is 5.82 Å². The van der Waals surface area contributed by atoms with Crippen molar-refractivity contribution in [2.75, 3.05) is 5.73 Å². The average Bonchev–Trinajstić information content (AvgIpc) is 2.08. The molecule has 0 spiro atoms. The summed E-state index contributed by atoms with van der Waals surface area (Å²) in [4.78, 5) is 3.94. The molecule has 0 saturated carbocycles. The number of nitrogen functional groups attached to an aromatic ring is 1. The number of anilines is 1. The first kappa shape index (κ1) is 9.19. The van der Waals surface area contributed by atoms with E-state index in [1.165, 1.54) is 0 Å². The number of hydrogen-bond donors (Lipinski definition) is 2. The second-order valence-electron chi connectivity index (χ2n) is 2.42. The molecule has 0 radical (unpaired) electrons. The quantitative estimate of drug-likeness (QED) is 0.762. The van der Waals surface area contributed by atoms with Crippen molar-refractivity contribution < 1.29 is 0 Å². The average molecular weight is 228 g/mol. The zero-order valence-electron chi connectivity index (χ0n) is 6.76. The highest BCUT2D eigenvalue weighted by atomic mass is 79.9. The fourth-order valence-electron chi connectivity index (χ4n) is 0.882. The summed E-state index contributed by atoms with van der Waals surface area (Å²) in [6.45, 7) is 1.92. The molecule has 0 atom stereocenters. The predicted molar refractivity (Wildman–Crippen MR) is 53.5 cm³/mol. The van der Waals surface area contributed by atoms with Crippen molar-refractivity contribution in [2.24, 2.45) is 0 Å². The van der Waals surface area contributed by atoms with Gasteiger partial charge in [-0.2, -0.15) is 0 Å². The van der Waals surface area contributed by atoms with Gasteiger partial charge in [0.1, 0.15) is 5.82 Å². The Morgan fingerprint density at radius 2 is 2.42 bits per heavy atom. The molecule has 0 amide bonds. The highest BCUT2D eigenvalue weighted by Crippen LogP contribution is 2.16. The zero-order chi connectivity index (χ0) is 9.14. The molecule has 3 N–H and O–H groups in total. The lowest BCUT2D eigenvalue weighted by molar-refractivity contribution is 1.22. The van der Waals surface area contributed by atoms with Gasteiger partial charge in [0.05, 0.1) is 0 Å². The van der Waals surface area contributed by atoms with Crippen LogP contribution < -0.4 is 5.73 Å². The molecule has 0 aliphatic carbocycles. The van der Waals surface area contributed by atoms with Crippen molar-refractivity contribution in [3.8, 4) is 0 Å². The largest absolute Gasteiger partial charge is 0.383 e. The van der Waals surface area contributed by atoms with E-state index in [0.29, 0.717) is 23.5 Å². The molecule has 64 valence electrons. The minimum Gasteiger partial charge on any atom is -0.383 e. The molecule has 1 aromatic heterocycles. The zero-order valence-corrected chi connectivity index (χ0v) is 8.35. The summed E-state index contributed by atoms with van der Waals surface area (Å²) < 4.78 is 0.852. The third-order valence-corrected chi connectivity index (χ3v) is 2.00. The van der Waals surface area contributed by atoms with Gasteiger partial charge in [-0.3, -0.25) is 0 Å². The predicted octanol–water partition coefficient (Wildman–Crippen LogP) is 2.20. The van der Waals surface area contributed by atoms with Crippen molar-refractivity contribution in [3.63, 3.8) is 0 Å². The maximum absolute atomic E-state index is 7.58. The summed E-state index contributed by atoms with van der Waals surface area (Å²) in [5.74, 6) is 0.421. The first-order chi connectivity index (χ1) is 5.65. The van der Waals surface area contributed by atoms with E-state index in [9.17, 15) is 0 Å². The highest BCUT2D eigenvalue weighted by Gasteiger charge is 2.04. The van der Waals surface area contributed by atoms with Crippen LogP contribution in [-0.4, -0.2) is 10.7 Å². The van der Waals surface area contributed by atoms with Crippen LogP contribution in [0, 0.1) is 5.41 Å². The van der Waals surface area contributed by atoms with Crippen molar-refractivity contribution in [1.29, 1.82) is 5.41 Å². The Bertz CT molecular complexity index is 309. The van der Waals surface area contributed by atoms with Gasteiger partial charge in [-0.25, -0.2) is 4.98 Å². The van der Waals surface area contributed by atoms with Gasteiger partial charge < -0.3 is 11.1 Å². The van der Waals surface area contributed by atoms with Gasteiger partial charge in [-0.1, -0.05) is 6.92 Å². The number of hydrogen-bond acceptors (Lipinski definition) is 3. The summed E-state index contributed by atoms with van der Waals surface area (Å²) in [6, 6.07) is 1.81. The molecule has 0 aliphatic rings. The molecule has 0 aliphatic heterocycles. The minimum absolute atomic E-state index is 0.421. The van der Waals surface area contributed by atoms with E-state index in [2.05, 4.69) is 20.9 Å². The van der Waals surface area contributed by atoms with E-state index in [0.717, 1.165) is 4.47 Å². The molecular formula is C8H10BrN3. The molecule has 3 nitrogen and oxygen atoms in total. The Morgan fingerprint density at radius 3 is 3.00 bits per heavy atom. The SMILES string of the molecule is CCC(=N)c1cc(Br)cnc1N. The number of nitrogens with two attached hydrogens (primary N) is 1. The van der Waals surface area contributed by atoms with Crippen LogP contribution in [0.25, 0.3) is 0 Å². The van der Waals surface area contributed by atoms with Crippen molar-refractivity contribution >= 4 is 27.5 Å². The Hall–Kier alpha value is -0.900. The standard InChI is InChI=1S/C8H10BrN3/c1-2-7(10)6-3-5(9)4-12-8(6)11/h3-4,10H,2H2,1H3,(H2,11,12). The molecule has 12 heavy (non-hydrogen) atoms. The normalized spacial score (nSPS) is 9.83. The van der Waals surface area contributed by atoms with Gasteiger partial charge in [-0.05, 0) is 28.4 Å². The minimum atomic E-state index is 0.421. The molecule has 1 aromatic rings. The van der Waals surface area contributed by atoms with Crippen LogP contribution in [0.3, 0.4) is 0 Å². The first-order valence-electron chi connectivity index (χ1n) is 3.64. The van der Waals surface area contributed by atoms with Crippen LogP contribution in [0.5, 0.6) is 0 Å². The fourth-order valence-corrected chi connectivity index (χ4v) is 1.21. The first-order valence-corrected chi connectivity index (χ1v) is 4.43. The van der Waals surface area contributed by atoms with E-state index >= 15 is 0 Å².